The maximum atomic E-state index is 9.44. The molecule has 3 heteroatoms. The molecule has 3 rings (SSSR count). The molecule has 3 N–H and O–H groups in total. The number of nitrogen functional groups attached to an aromatic ring is 1. The molecular weight excluding hydrogens is 274 g/mol. The minimum Gasteiger partial charge on any atom is -0.506 e. The van der Waals surface area contributed by atoms with Crippen molar-refractivity contribution in [2.75, 3.05) is 5.73 Å². The summed E-state index contributed by atoms with van der Waals surface area (Å²) in [6, 6.07) is 23.1. The van der Waals surface area contributed by atoms with E-state index in [4.69, 9.17) is 10.5 Å². The summed E-state index contributed by atoms with van der Waals surface area (Å²) in [6.07, 6.45) is 0.857. The van der Waals surface area contributed by atoms with Crippen LogP contribution in [-0.2, 0) is 6.42 Å². The first-order valence-corrected chi connectivity index (χ1v) is 7.10. The van der Waals surface area contributed by atoms with Gasteiger partial charge in [0.15, 0.2) is 0 Å². The van der Waals surface area contributed by atoms with Crippen molar-refractivity contribution >= 4 is 5.69 Å². The van der Waals surface area contributed by atoms with Crippen LogP contribution in [0.2, 0.25) is 0 Å². The van der Waals surface area contributed by atoms with Gasteiger partial charge in [-0.1, -0.05) is 42.5 Å². The smallest absolute Gasteiger partial charge is 0.138 e. The lowest BCUT2D eigenvalue weighted by Gasteiger charge is -2.09. The van der Waals surface area contributed by atoms with Gasteiger partial charge in [0, 0.05) is 6.07 Å². The number of phenolic OH excluding ortho intramolecular Hbond substituents is 1. The number of hydrogen-bond acceptors (Lipinski definition) is 3. The maximum absolute atomic E-state index is 9.44. The Morgan fingerprint density at radius 2 is 1.50 bits per heavy atom. The van der Waals surface area contributed by atoms with Gasteiger partial charge in [-0.2, -0.15) is 0 Å². The van der Waals surface area contributed by atoms with E-state index in [0.29, 0.717) is 11.4 Å². The summed E-state index contributed by atoms with van der Waals surface area (Å²) < 4.78 is 5.80. The Labute approximate surface area is 129 Å². The number of anilines is 1. The van der Waals surface area contributed by atoms with E-state index in [0.717, 1.165) is 12.2 Å². The second-order valence-corrected chi connectivity index (χ2v) is 5.13. The monoisotopic (exact) mass is 291 g/mol. The van der Waals surface area contributed by atoms with E-state index in [9.17, 15) is 5.11 Å². The van der Waals surface area contributed by atoms with Crippen molar-refractivity contribution in [3.63, 3.8) is 0 Å². The van der Waals surface area contributed by atoms with Gasteiger partial charge in [-0.3, -0.25) is 0 Å². The average Bonchev–Trinajstić information content (AvgIpc) is 2.52. The molecule has 0 aliphatic rings. The SMILES string of the molecule is Nc1cc(Oc2cccc(Cc3ccccc3)c2)ccc1O. The molecule has 3 nitrogen and oxygen atoms in total. The largest absolute Gasteiger partial charge is 0.506 e. The summed E-state index contributed by atoms with van der Waals surface area (Å²) in [4.78, 5) is 0. The Morgan fingerprint density at radius 3 is 2.27 bits per heavy atom. The van der Waals surface area contributed by atoms with Crippen LogP contribution in [0.5, 0.6) is 17.2 Å². The van der Waals surface area contributed by atoms with Crippen LogP contribution in [0.1, 0.15) is 11.1 Å². The predicted octanol–water partition coefficient (Wildman–Crippen LogP) is 4.36. The lowest BCUT2D eigenvalue weighted by molar-refractivity contribution is 0.466. The number of benzene rings is 3. The standard InChI is InChI=1S/C19H17NO2/c20-18-13-17(9-10-19(18)21)22-16-8-4-7-15(12-16)11-14-5-2-1-3-6-14/h1-10,12-13,21H,11,20H2. The van der Waals surface area contributed by atoms with Crippen molar-refractivity contribution in [1.82, 2.24) is 0 Å². The quantitative estimate of drug-likeness (QED) is 0.555. The highest BCUT2D eigenvalue weighted by Gasteiger charge is 2.03. The minimum absolute atomic E-state index is 0.0604. The van der Waals surface area contributed by atoms with Crippen LogP contribution in [0.4, 0.5) is 5.69 Å². The molecule has 0 saturated heterocycles. The number of ether oxygens (including phenoxy) is 1. The van der Waals surface area contributed by atoms with Crippen LogP contribution in [0.25, 0.3) is 0 Å². The van der Waals surface area contributed by atoms with Crippen molar-refractivity contribution in [2.45, 2.75) is 6.42 Å². The molecule has 0 aliphatic carbocycles. The molecule has 0 aliphatic heterocycles. The molecule has 0 heterocycles. The number of hydrogen-bond donors (Lipinski definition) is 2. The predicted molar refractivity (Wildman–Crippen MR) is 88.3 cm³/mol. The summed E-state index contributed by atoms with van der Waals surface area (Å²) in [6.45, 7) is 0. The molecule has 3 aromatic carbocycles. The van der Waals surface area contributed by atoms with Crippen LogP contribution in [0.3, 0.4) is 0 Å². The molecule has 0 fully saturated rings. The summed E-state index contributed by atoms with van der Waals surface area (Å²) in [7, 11) is 0. The second kappa shape index (κ2) is 6.22. The molecule has 0 unspecified atom stereocenters. The maximum Gasteiger partial charge on any atom is 0.138 e. The Morgan fingerprint density at radius 1 is 0.773 bits per heavy atom. The molecule has 0 aromatic heterocycles. The summed E-state index contributed by atoms with van der Waals surface area (Å²) >= 11 is 0. The molecule has 0 radical (unpaired) electrons. The fourth-order valence-corrected chi connectivity index (χ4v) is 2.28. The van der Waals surface area contributed by atoms with Gasteiger partial charge in [-0.25, -0.2) is 0 Å². The average molecular weight is 291 g/mol. The van der Waals surface area contributed by atoms with Gasteiger partial charge < -0.3 is 15.6 Å². The zero-order valence-corrected chi connectivity index (χ0v) is 12.1. The molecule has 0 spiro atoms. The third-order valence-electron chi connectivity index (χ3n) is 3.38. The number of phenols is 1. The number of rotatable bonds is 4. The van der Waals surface area contributed by atoms with Crippen LogP contribution in [0, 0.1) is 0 Å². The van der Waals surface area contributed by atoms with E-state index in [1.54, 1.807) is 12.1 Å². The summed E-state index contributed by atoms with van der Waals surface area (Å²) in [5, 5.41) is 9.44. The van der Waals surface area contributed by atoms with Gasteiger partial charge in [-0.05, 0) is 41.8 Å². The molecule has 110 valence electrons. The van der Waals surface area contributed by atoms with Gasteiger partial charge in [0.1, 0.15) is 17.2 Å². The third-order valence-corrected chi connectivity index (χ3v) is 3.38. The Balaban J connectivity index is 1.77. The molecule has 0 atom stereocenters. The first-order valence-electron chi connectivity index (χ1n) is 7.10. The fraction of sp³-hybridized carbons (Fsp3) is 0.0526. The molecule has 0 saturated carbocycles. The zero-order valence-electron chi connectivity index (χ0n) is 12.1. The lowest BCUT2D eigenvalue weighted by Crippen LogP contribution is -1.91. The van der Waals surface area contributed by atoms with Gasteiger partial charge >= 0.3 is 0 Å². The first kappa shape index (κ1) is 14.0. The second-order valence-electron chi connectivity index (χ2n) is 5.13. The van der Waals surface area contributed by atoms with Gasteiger partial charge in [-0.15, -0.1) is 0 Å². The topological polar surface area (TPSA) is 55.5 Å². The minimum atomic E-state index is 0.0604. The van der Waals surface area contributed by atoms with Crippen molar-refractivity contribution < 1.29 is 9.84 Å². The van der Waals surface area contributed by atoms with Crippen LogP contribution in [0.15, 0.2) is 72.8 Å². The molecule has 22 heavy (non-hydrogen) atoms. The number of aromatic hydroxyl groups is 1. The van der Waals surface area contributed by atoms with Gasteiger partial charge in [0.25, 0.3) is 0 Å². The lowest BCUT2D eigenvalue weighted by atomic mass is 10.1. The highest BCUT2D eigenvalue weighted by molar-refractivity contribution is 5.55. The van der Waals surface area contributed by atoms with E-state index < -0.39 is 0 Å². The van der Waals surface area contributed by atoms with Gasteiger partial charge in [0.2, 0.25) is 0 Å². The Kier molecular flexibility index (Phi) is 3.97. The van der Waals surface area contributed by atoms with E-state index >= 15 is 0 Å². The molecule has 3 aromatic rings. The van der Waals surface area contributed by atoms with Gasteiger partial charge in [0.05, 0.1) is 5.69 Å². The van der Waals surface area contributed by atoms with Crippen molar-refractivity contribution in [1.29, 1.82) is 0 Å². The van der Waals surface area contributed by atoms with Crippen molar-refractivity contribution in [3.05, 3.63) is 83.9 Å². The third kappa shape index (κ3) is 3.38. The molecule has 0 bridgehead atoms. The van der Waals surface area contributed by atoms with Crippen molar-refractivity contribution in [3.8, 4) is 17.2 Å². The normalized spacial score (nSPS) is 10.4. The number of nitrogens with two attached hydrogens (primary N) is 1. The zero-order chi connectivity index (χ0) is 15.4. The van der Waals surface area contributed by atoms with E-state index in [2.05, 4.69) is 18.2 Å². The van der Waals surface area contributed by atoms with Crippen LogP contribution < -0.4 is 10.5 Å². The van der Waals surface area contributed by atoms with Crippen LogP contribution in [-0.4, -0.2) is 5.11 Å². The Bertz CT molecular complexity index is 769. The molecule has 0 amide bonds. The first-order chi connectivity index (χ1) is 10.7. The van der Waals surface area contributed by atoms with E-state index in [-0.39, 0.29) is 5.75 Å². The fourth-order valence-electron chi connectivity index (χ4n) is 2.28. The summed E-state index contributed by atoms with van der Waals surface area (Å²) in [5.41, 5.74) is 8.41. The Hall–Kier alpha value is -2.94. The van der Waals surface area contributed by atoms with Crippen LogP contribution >= 0.6 is 0 Å². The van der Waals surface area contributed by atoms with E-state index in [1.807, 2.05) is 36.4 Å². The highest BCUT2D eigenvalue weighted by Crippen LogP contribution is 2.29. The van der Waals surface area contributed by atoms with Crippen molar-refractivity contribution in [2.24, 2.45) is 0 Å². The summed E-state index contributed by atoms with van der Waals surface area (Å²) in [5.74, 6) is 1.41. The molecular formula is C19H17NO2. The van der Waals surface area contributed by atoms with E-state index in [1.165, 1.54) is 17.2 Å². The highest BCUT2D eigenvalue weighted by atomic mass is 16.5.